The number of pyridine rings is 1. The standard InChI is InChI=1S/C20H16N8O6S2/c21-20-24-11(7-36-20)12(26-33)15(29)25-13-17(30)28-14(19(31)32)10(6-35-18(13)28)5-27-3-1-9(2-4-27)16-22-8-23-34-16/h1-4,7-8,13,18H,5-6H2,(H4-,21,24,25,29,31,32,33)/p+1/t13-,18-/m1/s1. The Bertz CT molecular complexity index is 1400. The van der Waals surface area contributed by atoms with E-state index < -0.39 is 34.9 Å². The quantitative estimate of drug-likeness (QED) is 0.103. The normalized spacial score (nSPS) is 19.6. The third kappa shape index (κ3) is 4.16. The van der Waals surface area contributed by atoms with E-state index in [1.165, 1.54) is 28.4 Å². The summed E-state index contributed by atoms with van der Waals surface area (Å²) in [4.78, 5) is 46.7. The van der Waals surface area contributed by atoms with Gasteiger partial charge in [-0.1, -0.05) is 10.3 Å². The first-order chi connectivity index (χ1) is 17.4. The van der Waals surface area contributed by atoms with Crippen molar-refractivity contribution in [1.82, 2.24) is 25.3 Å². The average molecular weight is 530 g/mol. The SMILES string of the molecule is Nc1nc(/C(=N/O)C(=O)N[C@@H]2C(=O)N3C(C(=O)O)=C(C[n+]4ccc(-c5ncno5)cc4)CS[C@H]23)cs1. The van der Waals surface area contributed by atoms with Crippen molar-refractivity contribution in [3.8, 4) is 11.5 Å². The van der Waals surface area contributed by atoms with Crippen molar-refractivity contribution in [3.63, 3.8) is 0 Å². The van der Waals surface area contributed by atoms with E-state index in [0.29, 0.717) is 22.8 Å². The third-order valence-corrected chi connectivity index (χ3v) is 7.50. The van der Waals surface area contributed by atoms with E-state index in [2.05, 4.69) is 25.6 Å². The fraction of sp³-hybridized carbons (Fsp3) is 0.200. The van der Waals surface area contributed by atoms with Crippen molar-refractivity contribution in [2.75, 3.05) is 11.5 Å². The summed E-state index contributed by atoms with van der Waals surface area (Å²) >= 11 is 2.38. The van der Waals surface area contributed by atoms with Crippen LogP contribution in [0.1, 0.15) is 5.69 Å². The van der Waals surface area contributed by atoms with E-state index in [4.69, 9.17) is 10.3 Å². The monoisotopic (exact) mass is 529 g/mol. The molecule has 14 nitrogen and oxygen atoms in total. The van der Waals surface area contributed by atoms with Crippen LogP contribution < -0.4 is 15.6 Å². The smallest absolute Gasteiger partial charge is 0.352 e. The van der Waals surface area contributed by atoms with E-state index in [0.717, 1.165) is 11.3 Å². The summed E-state index contributed by atoms with van der Waals surface area (Å²) in [7, 11) is 0. The maximum absolute atomic E-state index is 12.9. The van der Waals surface area contributed by atoms with Crippen molar-refractivity contribution in [3.05, 3.63) is 53.2 Å². The number of hydrogen-bond acceptors (Lipinski definition) is 12. The summed E-state index contributed by atoms with van der Waals surface area (Å²) in [5.41, 5.74) is 6.35. The zero-order valence-electron chi connectivity index (χ0n) is 18.1. The lowest BCUT2D eigenvalue weighted by atomic mass is 10.0. The molecule has 2 atom stereocenters. The molecule has 0 bridgehead atoms. The fourth-order valence-electron chi connectivity index (χ4n) is 3.85. The number of anilines is 1. The molecule has 2 amide bonds. The molecular weight excluding hydrogens is 512 g/mol. The number of aliphatic carboxylic acids is 1. The highest BCUT2D eigenvalue weighted by molar-refractivity contribution is 8.00. The third-order valence-electron chi connectivity index (χ3n) is 5.49. The van der Waals surface area contributed by atoms with Crippen LogP contribution in [0.4, 0.5) is 5.13 Å². The molecule has 0 saturated carbocycles. The van der Waals surface area contributed by atoms with Crippen LogP contribution in [0.3, 0.4) is 0 Å². The summed E-state index contributed by atoms with van der Waals surface area (Å²) in [6, 6.07) is 2.51. The first kappa shape index (κ1) is 23.4. The number of nitrogen functional groups attached to an aromatic ring is 1. The molecule has 2 aliphatic heterocycles. The molecule has 0 aromatic carbocycles. The number of hydrogen-bond donors (Lipinski definition) is 4. The minimum atomic E-state index is -1.24. The molecule has 0 radical (unpaired) electrons. The molecule has 3 aromatic heterocycles. The van der Waals surface area contributed by atoms with Gasteiger partial charge in [0.05, 0.1) is 5.56 Å². The Kier molecular flexibility index (Phi) is 6.11. The molecule has 5 heterocycles. The molecule has 5 N–H and O–H groups in total. The molecule has 5 rings (SSSR count). The van der Waals surface area contributed by atoms with E-state index in [-0.39, 0.29) is 23.1 Å². The summed E-state index contributed by atoms with van der Waals surface area (Å²) in [5.74, 6) is -1.97. The summed E-state index contributed by atoms with van der Waals surface area (Å²) in [6.07, 6.45) is 4.78. The number of β-lactam (4-membered cyclic amide) rings is 1. The van der Waals surface area contributed by atoms with Crippen LogP contribution >= 0.6 is 23.1 Å². The Morgan fingerprint density at radius 1 is 1.36 bits per heavy atom. The number of carboxylic acids is 1. The lowest BCUT2D eigenvalue weighted by molar-refractivity contribution is -0.689. The highest BCUT2D eigenvalue weighted by Gasteiger charge is 2.54. The Morgan fingerprint density at radius 3 is 2.75 bits per heavy atom. The lowest BCUT2D eigenvalue weighted by Gasteiger charge is -2.49. The topological polar surface area (TPSA) is 201 Å². The van der Waals surface area contributed by atoms with Gasteiger partial charge in [0.2, 0.25) is 0 Å². The number of nitrogens with one attached hydrogen (secondary N) is 1. The highest BCUT2D eigenvalue weighted by atomic mass is 32.2. The van der Waals surface area contributed by atoms with Gasteiger partial charge in [0.15, 0.2) is 36.1 Å². The second-order valence-electron chi connectivity index (χ2n) is 7.64. The molecule has 0 spiro atoms. The molecule has 0 aliphatic carbocycles. The van der Waals surface area contributed by atoms with Crippen LogP contribution in [0, 0.1) is 0 Å². The molecule has 0 unspecified atom stereocenters. The van der Waals surface area contributed by atoms with E-state index >= 15 is 0 Å². The molecule has 36 heavy (non-hydrogen) atoms. The Hall–Kier alpha value is -4.31. The summed E-state index contributed by atoms with van der Waals surface area (Å²) < 4.78 is 6.79. The predicted molar refractivity (Wildman–Crippen MR) is 124 cm³/mol. The number of nitrogens with two attached hydrogens (primary N) is 1. The van der Waals surface area contributed by atoms with E-state index in [9.17, 15) is 24.7 Å². The molecule has 3 aromatic rings. The predicted octanol–water partition coefficient (Wildman–Crippen LogP) is -0.320. The number of nitrogens with zero attached hydrogens (tertiary/aromatic N) is 6. The number of carboxylic acid groups (broad SMARTS) is 1. The molecule has 184 valence electrons. The van der Waals surface area contributed by atoms with Crippen LogP contribution in [0.15, 0.2) is 57.2 Å². The maximum atomic E-state index is 12.9. The number of amides is 2. The maximum Gasteiger partial charge on any atom is 0.352 e. The number of thiazole rings is 1. The summed E-state index contributed by atoms with van der Waals surface area (Å²) in [5, 5.41) is 29.2. The second kappa shape index (κ2) is 9.38. The van der Waals surface area contributed by atoms with Crippen LogP contribution in [0.25, 0.3) is 11.5 Å². The molecule has 16 heteroatoms. The molecule has 1 fully saturated rings. The number of carbonyl (C=O) groups excluding carboxylic acids is 2. The highest BCUT2D eigenvalue weighted by Crippen LogP contribution is 2.40. The van der Waals surface area contributed by atoms with Crippen LogP contribution in [-0.2, 0) is 20.9 Å². The van der Waals surface area contributed by atoms with Gasteiger partial charge < -0.3 is 25.9 Å². The van der Waals surface area contributed by atoms with Gasteiger partial charge in [0.25, 0.3) is 17.7 Å². The zero-order valence-corrected chi connectivity index (χ0v) is 19.8. The number of aromatic nitrogens is 4. The number of rotatable bonds is 7. The van der Waals surface area contributed by atoms with Crippen molar-refractivity contribution >= 4 is 51.7 Å². The van der Waals surface area contributed by atoms with Gasteiger partial charge in [-0.05, 0) is 0 Å². The van der Waals surface area contributed by atoms with Gasteiger partial charge >= 0.3 is 5.97 Å². The van der Waals surface area contributed by atoms with Gasteiger partial charge in [0, 0.05) is 28.8 Å². The van der Waals surface area contributed by atoms with Crippen molar-refractivity contribution in [2.45, 2.75) is 18.0 Å². The Labute approximate surface area is 210 Å². The van der Waals surface area contributed by atoms with Crippen molar-refractivity contribution < 1.29 is 33.8 Å². The second-order valence-corrected chi connectivity index (χ2v) is 9.64. The van der Waals surface area contributed by atoms with E-state index in [1.807, 2.05) is 0 Å². The lowest BCUT2D eigenvalue weighted by Crippen LogP contribution is -2.71. The molecule has 1 saturated heterocycles. The fourth-order valence-corrected chi connectivity index (χ4v) is 5.73. The van der Waals surface area contributed by atoms with Gasteiger partial charge in [-0.15, -0.1) is 23.1 Å². The number of oxime groups is 1. The van der Waals surface area contributed by atoms with Crippen molar-refractivity contribution in [2.24, 2.45) is 5.16 Å². The van der Waals surface area contributed by atoms with E-state index in [1.54, 1.807) is 29.1 Å². The van der Waals surface area contributed by atoms with Crippen molar-refractivity contribution in [1.29, 1.82) is 0 Å². The minimum absolute atomic E-state index is 0.0629. The van der Waals surface area contributed by atoms with Crippen LogP contribution in [0.5, 0.6) is 0 Å². The first-order valence-corrected chi connectivity index (χ1v) is 12.2. The van der Waals surface area contributed by atoms with Crippen LogP contribution in [0.2, 0.25) is 0 Å². The van der Waals surface area contributed by atoms with Gasteiger partial charge in [-0.2, -0.15) is 4.98 Å². The zero-order chi connectivity index (χ0) is 25.4. The first-order valence-electron chi connectivity index (χ1n) is 10.3. The molecule has 2 aliphatic rings. The number of carbonyl (C=O) groups is 3. The Balaban J connectivity index is 1.32. The molecular formula is C20H17N8O6S2+. The number of fused-ring (bicyclic) bond motifs is 1. The minimum Gasteiger partial charge on any atom is -0.477 e. The Morgan fingerprint density at radius 2 is 2.14 bits per heavy atom. The largest absolute Gasteiger partial charge is 0.477 e. The average Bonchev–Trinajstić information content (AvgIpc) is 3.55. The van der Waals surface area contributed by atoms with Gasteiger partial charge in [-0.3, -0.25) is 14.5 Å². The van der Waals surface area contributed by atoms with Gasteiger partial charge in [0.1, 0.15) is 22.8 Å². The number of thioether (sulfide) groups is 1. The van der Waals surface area contributed by atoms with Crippen LogP contribution in [-0.4, -0.2) is 71.0 Å². The summed E-state index contributed by atoms with van der Waals surface area (Å²) in [6.45, 7) is 0.235. The van der Waals surface area contributed by atoms with Gasteiger partial charge in [-0.25, -0.2) is 14.3 Å².